The largest absolute Gasteiger partial charge is 0.533 e. The van der Waals surface area contributed by atoms with Gasteiger partial charge in [0, 0.05) is 13.5 Å². The van der Waals surface area contributed by atoms with Gasteiger partial charge >= 0.3 is 6.16 Å². The van der Waals surface area contributed by atoms with E-state index in [1.54, 1.807) is 0 Å². The first-order valence-electron chi connectivity index (χ1n) is 4.49. The molecule has 0 saturated carbocycles. The Labute approximate surface area is 87.3 Å². The summed E-state index contributed by atoms with van der Waals surface area (Å²) in [4.78, 5) is 26.8. The highest BCUT2D eigenvalue weighted by Crippen LogP contribution is 2.20. The van der Waals surface area contributed by atoms with Gasteiger partial charge in [-0.1, -0.05) is 6.58 Å². The van der Waals surface area contributed by atoms with Crippen molar-refractivity contribution in [2.45, 2.75) is 12.8 Å². The molecule has 0 spiro atoms. The second kappa shape index (κ2) is 5.35. The van der Waals surface area contributed by atoms with Gasteiger partial charge in [-0.15, -0.1) is 5.06 Å². The van der Waals surface area contributed by atoms with Crippen molar-refractivity contribution in [1.29, 1.82) is 0 Å². The zero-order valence-electron chi connectivity index (χ0n) is 8.52. The number of nitrogens with zero attached hydrogens (tertiary/aromatic N) is 1. The lowest BCUT2D eigenvalue weighted by Gasteiger charge is -2.14. The van der Waals surface area contributed by atoms with Crippen LogP contribution in [0.1, 0.15) is 12.8 Å². The van der Waals surface area contributed by atoms with Crippen LogP contribution in [0.25, 0.3) is 0 Å². The predicted octanol–water partition coefficient (Wildman–Crippen LogP) is 0.837. The fourth-order valence-electron chi connectivity index (χ4n) is 1.06. The summed E-state index contributed by atoms with van der Waals surface area (Å²) >= 11 is 0. The summed E-state index contributed by atoms with van der Waals surface area (Å²) in [6, 6.07) is 0. The molecule has 1 amide bonds. The Hall–Kier alpha value is -1.56. The molecule has 0 aromatic rings. The number of methoxy groups -OCH3 is 1. The van der Waals surface area contributed by atoms with Crippen LogP contribution in [0.15, 0.2) is 12.3 Å². The topological polar surface area (TPSA) is 65.1 Å². The van der Waals surface area contributed by atoms with E-state index in [2.05, 4.69) is 20.9 Å². The van der Waals surface area contributed by atoms with Crippen LogP contribution in [-0.2, 0) is 19.1 Å². The molecular formula is C9H13NO5. The van der Waals surface area contributed by atoms with E-state index in [9.17, 15) is 9.59 Å². The molecule has 1 fully saturated rings. The summed E-state index contributed by atoms with van der Waals surface area (Å²) in [5, 5.41) is 0.870. The highest BCUT2D eigenvalue weighted by molar-refractivity contribution is 5.81. The lowest BCUT2D eigenvalue weighted by molar-refractivity contribution is -0.158. The van der Waals surface area contributed by atoms with Crippen molar-refractivity contribution in [3.8, 4) is 0 Å². The summed E-state index contributed by atoms with van der Waals surface area (Å²) in [6.07, 6.45) is -0.114. The smallest absolute Gasteiger partial charge is 0.430 e. The molecule has 0 atom stereocenters. The Balaban J connectivity index is 2.31. The Morgan fingerprint density at radius 3 is 2.73 bits per heavy atom. The molecule has 6 heteroatoms. The third-order valence-corrected chi connectivity index (χ3v) is 1.81. The van der Waals surface area contributed by atoms with E-state index < -0.39 is 6.16 Å². The van der Waals surface area contributed by atoms with Crippen molar-refractivity contribution in [1.82, 2.24) is 5.06 Å². The van der Waals surface area contributed by atoms with E-state index >= 15 is 0 Å². The van der Waals surface area contributed by atoms with Gasteiger partial charge in [-0.25, -0.2) is 4.79 Å². The molecule has 0 bridgehead atoms. The van der Waals surface area contributed by atoms with Gasteiger partial charge in [0.25, 0.3) is 5.91 Å². The first-order valence-corrected chi connectivity index (χ1v) is 4.49. The Kier molecular flexibility index (Phi) is 4.11. The molecule has 1 heterocycles. The summed E-state index contributed by atoms with van der Waals surface area (Å²) in [5.74, 6) is -0.288. The Bertz CT molecular complexity index is 260. The fourth-order valence-corrected chi connectivity index (χ4v) is 1.06. The number of carbonyl (C=O) groups excluding carboxylic acids is 2. The highest BCUT2D eigenvalue weighted by atomic mass is 16.8. The SMILES string of the molecule is C=C1CCC(=O)N1OC(=O)OCCOC. The van der Waals surface area contributed by atoms with Crippen LogP contribution < -0.4 is 0 Å². The molecule has 0 N–H and O–H groups in total. The quantitative estimate of drug-likeness (QED) is 0.513. The van der Waals surface area contributed by atoms with Crippen molar-refractivity contribution < 1.29 is 23.9 Å². The number of ether oxygens (including phenoxy) is 2. The maximum atomic E-state index is 11.2. The van der Waals surface area contributed by atoms with Crippen LogP contribution in [0, 0.1) is 0 Å². The van der Waals surface area contributed by atoms with Gasteiger partial charge in [-0.2, -0.15) is 0 Å². The van der Waals surface area contributed by atoms with Gasteiger partial charge in [0.1, 0.15) is 6.61 Å². The fraction of sp³-hybridized carbons (Fsp3) is 0.556. The molecule has 0 aliphatic carbocycles. The summed E-state index contributed by atoms with van der Waals surface area (Å²) in [6.45, 7) is 3.95. The van der Waals surface area contributed by atoms with E-state index in [-0.39, 0.29) is 19.1 Å². The van der Waals surface area contributed by atoms with Crippen LogP contribution in [0.4, 0.5) is 4.79 Å². The zero-order valence-corrected chi connectivity index (χ0v) is 8.52. The molecular weight excluding hydrogens is 202 g/mol. The molecule has 0 aromatic heterocycles. The van der Waals surface area contributed by atoms with E-state index in [4.69, 9.17) is 0 Å². The molecule has 1 rings (SSSR count). The van der Waals surface area contributed by atoms with Crippen molar-refractivity contribution >= 4 is 12.1 Å². The third kappa shape index (κ3) is 3.25. The third-order valence-electron chi connectivity index (χ3n) is 1.81. The van der Waals surface area contributed by atoms with Crippen molar-refractivity contribution in [3.05, 3.63) is 12.3 Å². The molecule has 0 aromatic carbocycles. The maximum absolute atomic E-state index is 11.2. The second-order valence-electron chi connectivity index (χ2n) is 2.94. The molecule has 84 valence electrons. The lowest BCUT2D eigenvalue weighted by Crippen LogP contribution is -2.27. The summed E-state index contributed by atoms with van der Waals surface area (Å²) < 4.78 is 9.29. The summed E-state index contributed by atoms with van der Waals surface area (Å²) in [5.41, 5.74) is 0.462. The van der Waals surface area contributed by atoms with E-state index in [0.717, 1.165) is 5.06 Å². The number of hydrogen-bond donors (Lipinski definition) is 0. The standard InChI is InChI=1S/C9H13NO5/c1-7-3-4-8(11)10(7)15-9(12)14-6-5-13-2/h1,3-6H2,2H3. The molecule has 6 nitrogen and oxygen atoms in total. The van der Waals surface area contributed by atoms with Crippen molar-refractivity contribution in [2.75, 3.05) is 20.3 Å². The van der Waals surface area contributed by atoms with Gasteiger partial charge in [0.15, 0.2) is 0 Å². The molecule has 0 radical (unpaired) electrons. The highest BCUT2D eigenvalue weighted by Gasteiger charge is 2.28. The van der Waals surface area contributed by atoms with Crippen LogP contribution >= 0.6 is 0 Å². The van der Waals surface area contributed by atoms with E-state index in [1.165, 1.54) is 7.11 Å². The van der Waals surface area contributed by atoms with Crippen LogP contribution in [0.2, 0.25) is 0 Å². The number of hydrogen-bond acceptors (Lipinski definition) is 5. The second-order valence-corrected chi connectivity index (χ2v) is 2.94. The first kappa shape index (κ1) is 11.5. The minimum Gasteiger partial charge on any atom is -0.430 e. The van der Waals surface area contributed by atoms with Crippen LogP contribution in [0.5, 0.6) is 0 Å². The van der Waals surface area contributed by atoms with Gasteiger partial charge in [-0.05, 0) is 6.42 Å². The van der Waals surface area contributed by atoms with Gasteiger partial charge < -0.3 is 9.47 Å². The summed E-state index contributed by atoms with van der Waals surface area (Å²) in [7, 11) is 1.49. The van der Waals surface area contributed by atoms with Gasteiger partial charge in [0.2, 0.25) is 0 Å². The zero-order chi connectivity index (χ0) is 11.3. The van der Waals surface area contributed by atoms with Crippen molar-refractivity contribution in [2.24, 2.45) is 0 Å². The lowest BCUT2D eigenvalue weighted by atomic mass is 10.3. The van der Waals surface area contributed by atoms with Crippen LogP contribution in [-0.4, -0.2) is 37.4 Å². The monoisotopic (exact) mass is 215 g/mol. The molecule has 15 heavy (non-hydrogen) atoms. The Morgan fingerprint density at radius 2 is 2.20 bits per heavy atom. The molecule has 1 saturated heterocycles. The predicted molar refractivity (Wildman–Crippen MR) is 49.5 cm³/mol. The molecule has 1 aliphatic rings. The maximum Gasteiger partial charge on any atom is 0.533 e. The average molecular weight is 215 g/mol. The number of amides is 1. The van der Waals surface area contributed by atoms with E-state index in [0.29, 0.717) is 18.5 Å². The Morgan fingerprint density at radius 1 is 1.47 bits per heavy atom. The number of rotatable bonds is 4. The number of carbonyl (C=O) groups is 2. The van der Waals surface area contributed by atoms with Crippen LogP contribution in [0.3, 0.4) is 0 Å². The first-order chi connectivity index (χ1) is 7.15. The van der Waals surface area contributed by atoms with Gasteiger partial charge in [-0.3, -0.25) is 9.63 Å². The minimum atomic E-state index is -0.927. The van der Waals surface area contributed by atoms with Gasteiger partial charge in [0.05, 0.1) is 12.3 Å². The molecule has 1 aliphatic heterocycles. The van der Waals surface area contributed by atoms with Crippen molar-refractivity contribution in [3.63, 3.8) is 0 Å². The number of allylic oxidation sites excluding steroid dienone is 1. The normalized spacial score (nSPS) is 15.7. The number of hydroxylamine groups is 2. The minimum absolute atomic E-state index is 0.0871. The average Bonchev–Trinajstić information content (AvgIpc) is 2.50. The van der Waals surface area contributed by atoms with E-state index in [1.807, 2.05) is 0 Å². The molecule has 0 unspecified atom stereocenters.